The van der Waals surface area contributed by atoms with Crippen LogP contribution in [0.5, 0.6) is 0 Å². The van der Waals surface area contributed by atoms with Crippen molar-refractivity contribution >= 4 is 11.9 Å². The summed E-state index contributed by atoms with van der Waals surface area (Å²) in [5.41, 5.74) is 7.27. The van der Waals surface area contributed by atoms with Crippen molar-refractivity contribution in [3.8, 4) is 0 Å². The Labute approximate surface area is 106 Å². The van der Waals surface area contributed by atoms with Crippen LogP contribution in [0.2, 0.25) is 0 Å². The molecule has 0 unspecified atom stereocenters. The number of hydrogen-bond acceptors (Lipinski definition) is 5. The number of hydrogen-bond donors (Lipinski definition) is 3. The van der Waals surface area contributed by atoms with Gasteiger partial charge in [-0.3, -0.25) is 5.01 Å². The summed E-state index contributed by atoms with van der Waals surface area (Å²) in [6.45, 7) is 1.54. The number of nitrogens with one attached hydrogen (secondary N) is 2. The molecule has 4 N–H and O–H groups in total. The summed E-state index contributed by atoms with van der Waals surface area (Å²) in [7, 11) is 0. The van der Waals surface area contributed by atoms with Crippen molar-refractivity contribution in [2.75, 3.05) is 11.6 Å². The SMILES string of the molecule is NN(C1=CCNC=C1)c1ccc2c(c1)CNN=C2. The molecule has 5 nitrogen and oxygen atoms in total. The molecule has 1 aromatic rings. The second-order valence-electron chi connectivity index (χ2n) is 4.22. The summed E-state index contributed by atoms with van der Waals surface area (Å²) < 4.78 is 0. The van der Waals surface area contributed by atoms with E-state index in [1.165, 1.54) is 5.56 Å². The zero-order valence-electron chi connectivity index (χ0n) is 9.93. The minimum absolute atomic E-state index is 0.740. The zero-order valence-corrected chi connectivity index (χ0v) is 9.93. The van der Waals surface area contributed by atoms with Crippen LogP contribution < -0.4 is 21.6 Å². The number of dihydropyridines is 1. The van der Waals surface area contributed by atoms with E-state index in [9.17, 15) is 0 Å². The van der Waals surface area contributed by atoms with Crippen LogP contribution in [0.4, 0.5) is 5.69 Å². The fraction of sp³-hybridized carbons (Fsp3) is 0.154. The van der Waals surface area contributed by atoms with Crippen LogP contribution in [0, 0.1) is 0 Å². The monoisotopic (exact) mass is 241 g/mol. The molecule has 1 aromatic carbocycles. The first-order valence-electron chi connectivity index (χ1n) is 5.88. The molecule has 3 rings (SSSR count). The van der Waals surface area contributed by atoms with Crippen molar-refractivity contribution in [1.29, 1.82) is 0 Å². The van der Waals surface area contributed by atoms with Crippen molar-refractivity contribution in [2.45, 2.75) is 6.54 Å². The van der Waals surface area contributed by atoms with E-state index < -0.39 is 0 Å². The summed E-state index contributed by atoms with van der Waals surface area (Å²) in [5, 5.41) is 8.83. The topological polar surface area (TPSA) is 65.7 Å². The number of allylic oxidation sites excluding steroid dienone is 1. The number of rotatable bonds is 2. The Morgan fingerprint density at radius 1 is 1.33 bits per heavy atom. The van der Waals surface area contributed by atoms with E-state index in [4.69, 9.17) is 5.84 Å². The molecule has 92 valence electrons. The molecule has 2 heterocycles. The van der Waals surface area contributed by atoms with Crippen molar-refractivity contribution in [3.05, 3.63) is 53.4 Å². The first kappa shape index (κ1) is 10.9. The number of hydrazine groups is 1. The molecular weight excluding hydrogens is 226 g/mol. The highest BCUT2D eigenvalue weighted by atomic mass is 15.4. The number of nitrogens with two attached hydrogens (primary N) is 1. The Kier molecular flexibility index (Phi) is 2.74. The number of anilines is 1. The normalized spacial score (nSPS) is 16.4. The molecule has 0 spiro atoms. The summed E-state index contributed by atoms with van der Waals surface area (Å²) >= 11 is 0. The highest BCUT2D eigenvalue weighted by molar-refractivity contribution is 5.83. The standard InChI is InChI=1S/C13H15N5/c14-18(12-3-5-15-6-4-12)13-2-1-10-8-16-17-9-11(10)7-13/h1-5,7-8,15,17H,6,9,14H2. The average molecular weight is 241 g/mol. The largest absolute Gasteiger partial charge is 0.387 e. The van der Waals surface area contributed by atoms with Gasteiger partial charge < -0.3 is 10.7 Å². The van der Waals surface area contributed by atoms with Gasteiger partial charge in [0.05, 0.1) is 24.1 Å². The van der Waals surface area contributed by atoms with Gasteiger partial charge in [-0.25, -0.2) is 5.84 Å². The molecule has 5 heteroatoms. The number of hydrazone groups is 1. The third-order valence-corrected chi connectivity index (χ3v) is 3.05. The molecule has 0 fully saturated rings. The molecule has 0 bridgehead atoms. The van der Waals surface area contributed by atoms with E-state index in [0.29, 0.717) is 0 Å². The van der Waals surface area contributed by atoms with Gasteiger partial charge in [-0.2, -0.15) is 5.10 Å². The van der Waals surface area contributed by atoms with Crippen LogP contribution in [0.25, 0.3) is 0 Å². The fourth-order valence-corrected chi connectivity index (χ4v) is 2.04. The second kappa shape index (κ2) is 4.54. The minimum atomic E-state index is 0.740. The van der Waals surface area contributed by atoms with E-state index in [1.807, 2.05) is 30.6 Å². The molecule has 0 amide bonds. The Bertz CT molecular complexity index is 544. The van der Waals surface area contributed by atoms with Crippen LogP contribution >= 0.6 is 0 Å². The molecule has 2 aliphatic heterocycles. The van der Waals surface area contributed by atoms with Crippen LogP contribution in [0.1, 0.15) is 11.1 Å². The van der Waals surface area contributed by atoms with Gasteiger partial charge in [0.1, 0.15) is 0 Å². The summed E-state index contributed by atoms with van der Waals surface area (Å²) in [6.07, 6.45) is 7.75. The maximum atomic E-state index is 6.13. The number of fused-ring (bicyclic) bond motifs is 1. The second-order valence-corrected chi connectivity index (χ2v) is 4.22. The molecule has 0 atom stereocenters. The molecule has 2 aliphatic rings. The van der Waals surface area contributed by atoms with Crippen molar-refractivity contribution < 1.29 is 0 Å². The number of nitrogens with zero attached hydrogens (tertiary/aromatic N) is 2. The Balaban J connectivity index is 1.90. The van der Waals surface area contributed by atoms with Crippen molar-refractivity contribution in [1.82, 2.24) is 10.7 Å². The summed E-state index contributed by atoms with van der Waals surface area (Å²) in [6, 6.07) is 6.14. The van der Waals surface area contributed by atoms with Gasteiger partial charge in [-0.1, -0.05) is 6.07 Å². The molecule has 0 saturated carbocycles. The first-order chi connectivity index (χ1) is 8.84. The molecule has 18 heavy (non-hydrogen) atoms. The van der Waals surface area contributed by atoms with E-state index in [-0.39, 0.29) is 0 Å². The highest BCUT2D eigenvalue weighted by Gasteiger charge is 2.11. The summed E-state index contributed by atoms with van der Waals surface area (Å²) in [4.78, 5) is 0. The maximum absolute atomic E-state index is 6.13. The third-order valence-electron chi connectivity index (χ3n) is 3.05. The minimum Gasteiger partial charge on any atom is -0.387 e. The van der Waals surface area contributed by atoms with Gasteiger partial charge in [0.15, 0.2) is 0 Å². The molecular formula is C13H15N5. The fourth-order valence-electron chi connectivity index (χ4n) is 2.04. The summed E-state index contributed by atoms with van der Waals surface area (Å²) in [5.74, 6) is 6.13. The Morgan fingerprint density at radius 3 is 3.11 bits per heavy atom. The van der Waals surface area contributed by atoms with Crippen LogP contribution in [0.3, 0.4) is 0 Å². The predicted molar refractivity (Wildman–Crippen MR) is 72.8 cm³/mol. The first-order valence-corrected chi connectivity index (χ1v) is 5.88. The van der Waals surface area contributed by atoms with E-state index in [0.717, 1.165) is 30.0 Å². The molecule has 0 radical (unpaired) electrons. The zero-order chi connectivity index (χ0) is 12.4. The van der Waals surface area contributed by atoms with Gasteiger partial charge in [0.2, 0.25) is 0 Å². The van der Waals surface area contributed by atoms with Crippen LogP contribution in [0.15, 0.2) is 47.3 Å². The lowest BCUT2D eigenvalue weighted by molar-refractivity contribution is 0.734. The quantitative estimate of drug-likeness (QED) is 0.529. The molecule has 0 aliphatic carbocycles. The maximum Gasteiger partial charge on any atom is 0.0587 e. The lowest BCUT2D eigenvalue weighted by Crippen LogP contribution is -2.31. The Morgan fingerprint density at radius 2 is 2.28 bits per heavy atom. The lowest BCUT2D eigenvalue weighted by atomic mass is 10.1. The smallest absolute Gasteiger partial charge is 0.0587 e. The predicted octanol–water partition coefficient (Wildman–Crippen LogP) is 0.805. The third kappa shape index (κ3) is 1.96. The van der Waals surface area contributed by atoms with Crippen molar-refractivity contribution in [3.63, 3.8) is 0 Å². The van der Waals surface area contributed by atoms with Gasteiger partial charge in [-0.05, 0) is 41.6 Å². The van der Waals surface area contributed by atoms with Crippen molar-refractivity contribution in [2.24, 2.45) is 10.9 Å². The van der Waals surface area contributed by atoms with Gasteiger partial charge >= 0.3 is 0 Å². The number of benzene rings is 1. The van der Waals surface area contributed by atoms with Crippen LogP contribution in [-0.4, -0.2) is 12.8 Å². The van der Waals surface area contributed by atoms with E-state index in [2.05, 4.69) is 28.0 Å². The molecule has 0 saturated heterocycles. The van der Waals surface area contributed by atoms with Gasteiger partial charge in [-0.15, -0.1) is 0 Å². The van der Waals surface area contributed by atoms with Crippen LogP contribution in [-0.2, 0) is 6.54 Å². The average Bonchev–Trinajstić information content (AvgIpc) is 2.47. The molecule has 0 aromatic heterocycles. The van der Waals surface area contributed by atoms with Gasteiger partial charge in [0.25, 0.3) is 0 Å². The van der Waals surface area contributed by atoms with Gasteiger partial charge in [0, 0.05) is 6.54 Å². The highest BCUT2D eigenvalue weighted by Crippen LogP contribution is 2.21. The lowest BCUT2D eigenvalue weighted by Gasteiger charge is -2.23. The Hall–Kier alpha value is -2.27. The van der Waals surface area contributed by atoms with E-state index >= 15 is 0 Å². The van der Waals surface area contributed by atoms with E-state index in [1.54, 1.807) is 5.01 Å².